The molecule has 1 aliphatic rings. The zero-order valence-electron chi connectivity index (χ0n) is 11.8. The second-order valence-corrected chi connectivity index (χ2v) is 5.15. The van der Waals surface area contributed by atoms with Crippen molar-refractivity contribution < 1.29 is 19.0 Å². The second kappa shape index (κ2) is 5.84. The van der Waals surface area contributed by atoms with Crippen molar-refractivity contribution in [1.29, 1.82) is 0 Å². The van der Waals surface area contributed by atoms with Crippen molar-refractivity contribution in [1.82, 2.24) is 0 Å². The molecule has 3 rings (SSSR count). The SMILES string of the molecule is COc1ccc2c(c1)C(O)C(OCc1ccccc1F)C2. The number of methoxy groups -OCH3 is 1. The molecule has 3 nitrogen and oxygen atoms in total. The van der Waals surface area contributed by atoms with Crippen molar-refractivity contribution in [3.8, 4) is 5.75 Å². The van der Waals surface area contributed by atoms with E-state index in [1.807, 2.05) is 18.2 Å². The fourth-order valence-corrected chi connectivity index (χ4v) is 2.65. The van der Waals surface area contributed by atoms with Crippen molar-refractivity contribution in [3.63, 3.8) is 0 Å². The maximum Gasteiger partial charge on any atom is 0.128 e. The van der Waals surface area contributed by atoms with E-state index in [9.17, 15) is 9.50 Å². The van der Waals surface area contributed by atoms with E-state index in [1.165, 1.54) is 6.07 Å². The maximum atomic E-state index is 13.6. The molecule has 0 amide bonds. The molecule has 1 N–H and O–H groups in total. The molecule has 2 aromatic rings. The Kier molecular flexibility index (Phi) is 3.90. The largest absolute Gasteiger partial charge is 0.497 e. The van der Waals surface area contributed by atoms with Gasteiger partial charge in [-0.25, -0.2) is 4.39 Å². The first-order valence-corrected chi connectivity index (χ1v) is 6.89. The molecule has 0 aromatic heterocycles. The average Bonchev–Trinajstić information content (AvgIpc) is 2.82. The Morgan fingerprint density at radius 2 is 2.05 bits per heavy atom. The molecule has 0 radical (unpaired) electrons. The van der Waals surface area contributed by atoms with Crippen LogP contribution in [0, 0.1) is 5.82 Å². The van der Waals surface area contributed by atoms with Crippen LogP contribution in [0.25, 0.3) is 0 Å². The molecule has 1 aliphatic carbocycles. The van der Waals surface area contributed by atoms with Gasteiger partial charge in [0.05, 0.1) is 19.8 Å². The Balaban J connectivity index is 1.70. The number of rotatable bonds is 4. The van der Waals surface area contributed by atoms with Crippen LogP contribution in [-0.4, -0.2) is 18.3 Å². The number of aliphatic hydroxyl groups is 1. The average molecular weight is 288 g/mol. The first-order valence-electron chi connectivity index (χ1n) is 6.89. The van der Waals surface area contributed by atoms with E-state index < -0.39 is 6.10 Å². The van der Waals surface area contributed by atoms with Crippen molar-refractivity contribution in [2.24, 2.45) is 0 Å². The minimum atomic E-state index is -0.707. The second-order valence-electron chi connectivity index (χ2n) is 5.15. The molecule has 2 unspecified atom stereocenters. The number of fused-ring (bicyclic) bond motifs is 1. The molecule has 0 saturated carbocycles. The summed E-state index contributed by atoms with van der Waals surface area (Å²) in [6.07, 6.45) is -0.442. The number of halogens is 1. The van der Waals surface area contributed by atoms with Gasteiger partial charge in [-0.05, 0) is 29.3 Å². The van der Waals surface area contributed by atoms with Gasteiger partial charge in [-0.2, -0.15) is 0 Å². The van der Waals surface area contributed by atoms with Crippen molar-refractivity contribution >= 4 is 0 Å². The Bertz CT molecular complexity index is 642. The summed E-state index contributed by atoms with van der Waals surface area (Å²) in [6, 6.07) is 12.1. The Hall–Kier alpha value is -1.91. The van der Waals surface area contributed by atoms with Crippen LogP contribution in [0.2, 0.25) is 0 Å². The van der Waals surface area contributed by atoms with E-state index in [0.717, 1.165) is 11.1 Å². The number of hydrogen-bond acceptors (Lipinski definition) is 3. The standard InChI is InChI=1S/C17H17FO3/c1-20-13-7-6-11-8-16(17(19)14(11)9-13)21-10-12-4-2-3-5-15(12)18/h2-7,9,16-17,19H,8,10H2,1H3. The highest BCUT2D eigenvalue weighted by Gasteiger charge is 2.32. The van der Waals surface area contributed by atoms with E-state index in [-0.39, 0.29) is 18.5 Å². The third-order valence-corrected chi connectivity index (χ3v) is 3.86. The summed E-state index contributed by atoms with van der Waals surface area (Å²) in [4.78, 5) is 0. The summed E-state index contributed by atoms with van der Waals surface area (Å²) in [6.45, 7) is 0.152. The summed E-state index contributed by atoms with van der Waals surface area (Å²) in [5.41, 5.74) is 2.37. The van der Waals surface area contributed by atoms with Gasteiger partial charge < -0.3 is 14.6 Å². The first-order chi connectivity index (χ1) is 10.2. The summed E-state index contributed by atoms with van der Waals surface area (Å²) < 4.78 is 24.4. The summed E-state index contributed by atoms with van der Waals surface area (Å²) in [5, 5.41) is 10.3. The molecular formula is C17H17FO3. The Labute approximate surface area is 122 Å². The van der Waals surface area contributed by atoms with Gasteiger partial charge >= 0.3 is 0 Å². The van der Waals surface area contributed by atoms with Crippen molar-refractivity contribution in [2.45, 2.75) is 25.2 Å². The Morgan fingerprint density at radius 3 is 2.81 bits per heavy atom. The summed E-state index contributed by atoms with van der Waals surface area (Å²) in [5.74, 6) is 0.423. The highest BCUT2D eigenvalue weighted by molar-refractivity contribution is 5.41. The van der Waals surface area contributed by atoms with Gasteiger partial charge in [-0.3, -0.25) is 0 Å². The number of ether oxygens (including phenoxy) is 2. The van der Waals surface area contributed by atoms with Crippen LogP contribution in [-0.2, 0) is 17.8 Å². The highest BCUT2D eigenvalue weighted by Crippen LogP contribution is 2.36. The molecule has 0 aliphatic heterocycles. The van der Waals surface area contributed by atoms with Crippen LogP contribution in [0.15, 0.2) is 42.5 Å². The molecule has 0 fully saturated rings. The van der Waals surface area contributed by atoms with Gasteiger partial charge in [0.15, 0.2) is 0 Å². The lowest BCUT2D eigenvalue weighted by Crippen LogP contribution is -2.18. The van der Waals surface area contributed by atoms with E-state index in [0.29, 0.717) is 17.7 Å². The predicted octanol–water partition coefficient (Wildman–Crippen LogP) is 3.01. The predicted molar refractivity (Wildman–Crippen MR) is 76.6 cm³/mol. The van der Waals surface area contributed by atoms with E-state index in [4.69, 9.17) is 9.47 Å². The van der Waals surface area contributed by atoms with Crippen LogP contribution in [0.1, 0.15) is 22.8 Å². The molecule has 0 spiro atoms. The molecule has 0 saturated heterocycles. The van der Waals surface area contributed by atoms with Gasteiger partial charge in [0.1, 0.15) is 17.7 Å². The summed E-state index contributed by atoms with van der Waals surface area (Å²) in [7, 11) is 1.59. The third kappa shape index (κ3) is 2.77. The zero-order valence-corrected chi connectivity index (χ0v) is 11.8. The van der Waals surface area contributed by atoms with Crippen molar-refractivity contribution in [2.75, 3.05) is 7.11 Å². The van der Waals surface area contributed by atoms with Crippen LogP contribution in [0.3, 0.4) is 0 Å². The minimum Gasteiger partial charge on any atom is -0.497 e. The first kappa shape index (κ1) is 14.0. The maximum absolute atomic E-state index is 13.6. The number of benzene rings is 2. The van der Waals surface area contributed by atoms with E-state index in [1.54, 1.807) is 25.3 Å². The molecular weight excluding hydrogens is 271 g/mol. The molecule has 2 atom stereocenters. The molecule has 110 valence electrons. The zero-order chi connectivity index (χ0) is 14.8. The quantitative estimate of drug-likeness (QED) is 0.940. The van der Waals surface area contributed by atoms with Crippen LogP contribution >= 0.6 is 0 Å². The normalized spacial score (nSPS) is 20.3. The number of hydrogen-bond donors (Lipinski definition) is 1. The molecule has 0 heterocycles. The van der Waals surface area contributed by atoms with E-state index in [2.05, 4.69) is 0 Å². The molecule has 4 heteroatoms. The topological polar surface area (TPSA) is 38.7 Å². The summed E-state index contributed by atoms with van der Waals surface area (Å²) >= 11 is 0. The highest BCUT2D eigenvalue weighted by atomic mass is 19.1. The van der Waals surface area contributed by atoms with Gasteiger partial charge in [-0.15, -0.1) is 0 Å². The lowest BCUT2D eigenvalue weighted by Gasteiger charge is -2.16. The van der Waals surface area contributed by atoms with Crippen molar-refractivity contribution in [3.05, 3.63) is 65.0 Å². The minimum absolute atomic E-state index is 0.152. The van der Waals surface area contributed by atoms with E-state index >= 15 is 0 Å². The van der Waals surface area contributed by atoms with Gasteiger partial charge in [-0.1, -0.05) is 24.3 Å². The Morgan fingerprint density at radius 1 is 1.24 bits per heavy atom. The third-order valence-electron chi connectivity index (χ3n) is 3.86. The monoisotopic (exact) mass is 288 g/mol. The smallest absolute Gasteiger partial charge is 0.128 e. The lowest BCUT2D eigenvalue weighted by molar-refractivity contribution is -0.0371. The fraction of sp³-hybridized carbons (Fsp3) is 0.294. The van der Waals surface area contributed by atoms with Crippen LogP contribution in [0.4, 0.5) is 4.39 Å². The lowest BCUT2D eigenvalue weighted by atomic mass is 10.1. The van der Waals surface area contributed by atoms with Gasteiger partial charge in [0.2, 0.25) is 0 Å². The van der Waals surface area contributed by atoms with Crippen LogP contribution in [0.5, 0.6) is 5.75 Å². The molecule has 21 heavy (non-hydrogen) atoms. The fourth-order valence-electron chi connectivity index (χ4n) is 2.65. The van der Waals surface area contributed by atoms with Crippen LogP contribution < -0.4 is 4.74 Å². The molecule has 2 aromatic carbocycles. The van der Waals surface area contributed by atoms with Gasteiger partial charge in [0.25, 0.3) is 0 Å². The van der Waals surface area contributed by atoms with Gasteiger partial charge in [0, 0.05) is 12.0 Å². The molecule has 0 bridgehead atoms. The number of aliphatic hydroxyl groups excluding tert-OH is 1.